The number of hydrogen-bond acceptors (Lipinski definition) is 5. The Labute approximate surface area is 163 Å². The van der Waals surface area contributed by atoms with Crippen molar-refractivity contribution in [3.8, 4) is 23.0 Å². The van der Waals surface area contributed by atoms with Gasteiger partial charge in [-0.2, -0.15) is 0 Å². The van der Waals surface area contributed by atoms with E-state index in [1.165, 1.54) is 14.2 Å². The molecule has 0 spiro atoms. The maximum absolute atomic E-state index is 12.9. The molecule has 0 aromatic heterocycles. The van der Waals surface area contributed by atoms with Crippen LogP contribution in [0.3, 0.4) is 0 Å². The average molecular weight is 356 g/mol. The molecular weight excluding hydrogens is 334 g/mol. The average Bonchev–Trinajstić information content (AvgIpc) is 2.61. The molecule has 0 aliphatic rings. The van der Waals surface area contributed by atoms with Gasteiger partial charge in [-0.3, -0.25) is 4.79 Å². The predicted molar refractivity (Wildman–Crippen MR) is 97.2 cm³/mol. The maximum atomic E-state index is 12.9. The number of benzene rings is 2. The minimum Gasteiger partial charge on any atom is -1.00 e. The molecule has 2 rings (SSSR count). The summed E-state index contributed by atoms with van der Waals surface area (Å²) < 4.78 is 21.1. The van der Waals surface area contributed by atoms with Crippen molar-refractivity contribution < 1.29 is 44.0 Å². The Balaban J connectivity index is 0.00000312. The molecule has 25 heavy (non-hydrogen) atoms. The van der Waals surface area contributed by atoms with Crippen molar-refractivity contribution in [3.05, 3.63) is 41.5 Å². The van der Waals surface area contributed by atoms with Gasteiger partial charge in [0.2, 0.25) is 0 Å². The van der Waals surface area contributed by atoms with Gasteiger partial charge in [0.25, 0.3) is 0 Å². The van der Waals surface area contributed by atoms with Gasteiger partial charge in [-0.15, -0.1) is 0 Å². The largest absolute Gasteiger partial charge is 1.00 e. The molecule has 0 radical (unpaired) electrons. The second-order valence-corrected chi connectivity index (χ2v) is 6.28. The molecule has 0 saturated heterocycles. The number of rotatable bonds is 7. The Morgan fingerprint density at radius 1 is 0.880 bits per heavy atom. The minimum absolute atomic E-state index is 0. The fourth-order valence-electron chi connectivity index (χ4n) is 2.32. The second kappa shape index (κ2) is 9.73. The zero-order valence-corrected chi connectivity index (χ0v) is 16.4. The van der Waals surface area contributed by atoms with Crippen LogP contribution in [0.15, 0.2) is 30.3 Å². The molecule has 2 aromatic carbocycles. The van der Waals surface area contributed by atoms with E-state index < -0.39 is 0 Å². The van der Waals surface area contributed by atoms with Crippen LogP contribution < -0.4 is 43.1 Å². The maximum Gasteiger partial charge on any atom is 1.00 e. The van der Waals surface area contributed by atoms with Crippen molar-refractivity contribution in [2.24, 2.45) is 0 Å². The molecule has 0 N–H and O–H groups in total. The number of methoxy groups -OCH3 is 4. The van der Waals surface area contributed by atoms with E-state index in [-0.39, 0.29) is 34.4 Å². The van der Waals surface area contributed by atoms with E-state index in [0.717, 1.165) is 16.6 Å². The zero-order valence-electron chi connectivity index (χ0n) is 16.4. The first kappa shape index (κ1) is 21.4. The van der Waals surface area contributed by atoms with Gasteiger partial charge in [-0.25, -0.2) is 0 Å². The first-order valence-electron chi connectivity index (χ1n) is 7.30. The van der Waals surface area contributed by atoms with Crippen molar-refractivity contribution in [3.63, 3.8) is 0 Å². The first-order chi connectivity index (χ1) is 11.5. The molecule has 0 amide bonds. The second-order valence-electron chi connectivity index (χ2n) is 5.04. The van der Waals surface area contributed by atoms with Crippen LogP contribution in [0, 0.1) is 6.92 Å². The summed E-state index contributed by atoms with van der Waals surface area (Å²) in [6.07, 6.45) is 0. The molecule has 0 aliphatic carbocycles. The molecule has 1 atom stereocenters. The van der Waals surface area contributed by atoms with Gasteiger partial charge in [-0.1, -0.05) is 6.07 Å². The summed E-state index contributed by atoms with van der Waals surface area (Å²) in [6, 6.07) is 9.04. The number of carbonyl (C=O) groups excluding carboxylic acids is 1. The predicted octanol–water partition coefficient (Wildman–Crippen LogP) is 0.290. The first-order valence-corrected chi connectivity index (χ1v) is 8.30. The number of hydrogen-bond donors (Lipinski definition) is 0. The van der Waals surface area contributed by atoms with Crippen LogP contribution in [0.4, 0.5) is 0 Å². The summed E-state index contributed by atoms with van der Waals surface area (Å²) in [5.41, 5.74) is 1.38. The van der Waals surface area contributed by atoms with Crippen LogP contribution >= 0.6 is 8.58 Å². The summed E-state index contributed by atoms with van der Waals surface area (Å²) >= 11 is 0. The molecule has 1 unspecified atom stereocenters. The van der Waals surface area contributed by atoms with Crippen molar-refractivity contribution in [2.45, 2.75) is 6.92 Å². The third-order valence-electron chi connectivity index (χ3n) is 3.62. The Hall–Kier alpha value is -1.66. The zero-order chi connectivity index (χ0) is 17.7. The Morgan fingerprint density at radius 3 is 1.88 bits per heavy atom. The summed E-state index contributed by atoms with van der Waals surface area (Å²) in [5.74, 6) is 2.22. The fourth-order valence-corrected chi connectivity index (χ4v) is 3.37. The van der Waals surface area contributed by atoms with E-state index >= 15 is 0 Å². The Morgan fingerprint density at radius 2 is 1.44 bits per heavy atom. The van der Waals surface area contributed by atoms with Gasteiger partial charge in [-0.05, 0) is 38.5 Å². The molecule has 0 fully saturated rings. The smallest absolute Gasteiger partial charge is 1.00 e. The van der Waals surface area contributed by atoms with Gasteiger partial charge in [0, 0.05) is 12.1 Å². The summed E-state index contributed by atoms with van der Waals surface area (Å²) in [7, 11) is 6.17. The monoisotopic (exact) mass is 356 g/mol. The number of carbonyl (C=O) groups is 1. The molecule has 130 valence electrons. The summed E-state index contributed by atoms with van der Waals surface area (Å²) in [4.78, 5) is 12.9. The van der Waals surface area contributed by atoms with Crippen molar-refractivity contribution in [1.29, 1.82) is 0 Å². The van der Waals surface area contributed by atoms with Gasteiger partial charge in [0.1, 0.15) is 28.6 Å². The van der Waals surface area contributed by atoms with Crippen molar-refractivity contribution >= 4 is 19.4 Å². The van der Waals surface area contributed by atoms with Crippen LogP contribution in [-0.2, 0) is 0 Å². The van der Waals surface area contributed by atoms with E-state index in [1.807, 2.05) is 25.1 Å². The van der Waals surface area contributed by atoms with E-state index in [0.29, 0.717) is 22.8 Å². The van der Waals surface area contributed by atoms with E-state index in [2.05, 4.69) is 0 Å². The third kappa shape index (κ3) is 4.92. The fraction of sp³-hybridized carbons (Fsp3) is 0.278. The summed E-state index contributed by atoms with van der Waals surface area (Å²) in [5, 5.41) is 0.959. The molecule has 2 aromatic rings. The third-order valence-corrected chi connectivity index (χ3v) is 4.93. The van der Waals surface area contributed by atoms with Crippen molar-refractivity contribution in [1.82, 2.24) is 0 Å². The van der Waals surface area contributed by atoms with E-state index in [4.69, 9.17) is 18.9 Å². The topological polar surface area (TPSA) is 54.0 Å². The van der Waals surface area contributed by atoms with E-state index in [9.17, 15) is 4.79 Å². The van der Waals surface area contributed by atoms with Gasteiger partial charge >= 0.3 is 18.9 Å². The number of aryl methyl sites for hydroxylation is 1. The minimum atomic E-state index is -0.0559. The van der Waals surface area contributed by atoms with Crippen LogP contribution in [0.1, 0.15) is 17.3 Å². The number of ether oxygens (including phenoxy) is 4. The molecular formula is C18H22LiO5P. The Bertz CT molecular complexity index is 729. The van der Waals surface area contributed by atoms with Crippen LogP contribution in [-0.4, -0.2) is 34.0 Å². The quantitative estimate of drug-likeness (QED) is 0.527. The van der Waals surface area contributed by atoms with Crippen LogP contribution in [0.25, 0.3) is 0 Å². The van der Waals surface area contributed by atoms with Crippen LogP contribution in [0.5, 0.6) is 23.0 Å². The van der Waals surface area contributed by atoms with Gasteiger partial charge < -0.3 is 20.4 Å². The van der Waals surface area contributed by atoms with Gasteiger partial charge in [0.15, 0.2) is 5.52 Å². The molecule has 0 saturated carbocycles. The SMILES string of the molecule is COc1ccc(PC(=O)c2c(OC)cc(OC)cc2OC)c(C)c1.[H-].[Li+]. The normalized spacial score (nSPS) is 10.3. The van der Waals surface area contributed by atoms with Gasteiger partial charge in [0.05, 0.1) is 28.4 Å². The van der Waals surface area contributed by atoms with E-state index in [1.54, 1.807) is 26.4 Å². The molecule has 5 nitrogen and oxygen atoms in total. The molecule has 0 aliphatic heterocycles. The standard InChI is InChI=1S/C18H21O5P.Li.H/c1-11-8-12(20-2)6-7-16(11)24-18(19)17-14(22-4)9-13(21-3)10-15(17)23-5;;/h6-10,24H,1-5H3;;/q;+1;-1. The molecule has 7 heteroatoms. The molecule has 0 bridgehead atoms. The van der Waals surface area contributed by atoms with Crippen LogP contribution in [0.2, 0.25) is 0 Å². The van der Waals surface area contributed by atoms with Crippen molar-refractivity contribution in [2.75, 3.05) is 28.4 Å². The summed E-state index contributed by atoms with van der Waals surface area (Å²) in [6.45, 7) is 1.96. The molecule has 0 heterocycles. The Kier molecular flexibility index (Phi) is 8.32.